The monoisotopic (exact) mass is 276 g/mol. The van der Waals surface area contributed by atoms with Crippen LogP contribution < -0.4 is 0 Å². The molecule has 1 heteroatoms. The lowest BCUT2D eigenvalue weighted by Gasteiger charge is -2.15. The van der Waals surface area contributed by atoms with Crippen molar-refractivity contribution in [2.75, 3.05) is 0 Å². The third-order valence-electron chi connectivity index (χ3n) is 3.85. The van der Waals surface area contributed by atoms with Crippen LogP contribution in [-0.4, -0.2) is 5.11 Å². The van der Waals surface area contributed by atoms with Crippen molar-refractivity contribution in [1.82, 2.24) is 0 Å². The molecule has 20 heavy (non-hydrogen) atoms. The van der Waals surface area contributed by atoms with E-state index >= 15 is 0 Å². The lowest BCUT2D eigenvalue weighted by molar-refractivity contribution is 0.452. The van der Waals surface area contributed by atoms with E-state index in [0.717, 1.165) is 49.7 Å². The van der Waals surface area contributed by atoms with E-state index in [1.54, 1.807) is 0 Å². The Morgan fingerprint density at radius 1 is 0.850 bits per heavy atom. The van der Waals surface area contributed by atoms with Gasteiger partial charge in [0.15, 0.2) is 0 Å². The maximum absolute atomic E-state index is 10.5. The first kappa shape index (κ1) is 17.1. The molecule has 0 heterocycles. The highest BCUT2D eigenvalue weighted by Gasteiger charge is 2.11. The summed E-state index contributed by atoms with van der Waals surface area (Å²) in [5.41, 5.74) is 3.70. The average Bonchev–Trinajstić information content (AvgIpc) is 2.37. The fourth-order valence-electron chi connectivity index (χ4n) is 2.53. The predicted molar refractivity (Wildman–Crippen MR) is 88.4 cm³/mol. The molecule has 1 aromatic carbocycles. The van der Waals surface area contributed by atoms with Gasteiger partial charge in [0.05, 0.1) is 0 Å². The predicted octanol–water partition coefficient (Wildman–Crippen LogP) is 5.52. The van der Waals surface area contributed by atoms with Crippen molar-refractivity contribution in [2.45, 2.75) is 73.1 Å². The Labute approximate surface area is 125 Å². The number of hydrogen-bond donors (Lipinski definition) is 1. The van der Waals surface area contributed by atoms with Gasteiger partial charge in [-0.1, -0.05) is 53.2 Å². The molecule has 1 N–H and O–H groups in total. The number of benzene rings is 1. The lowest BCUT2D eigenvalue weighted by Crippen LogP contribution is -2.00. The molecule has 0 fully saturated rings. The van der Waals surface area contributed by atoms with Gasteiger partial charge in [-0.05, 0) is 60.6 Å². The number of aromatic hydroxyl groups is 1. The van der Waals surface area contributed by atoms with Gasteiger partial charge in [0, 0.05) is 0 Å². The van der Waals surface area contributed by atoms with E-state index in [1.807, 2.05) is 0 Å². The largest absolute Gasteiger partial charge is 0.507 e. The first-order valence-corrected chi connectivity index (χ1v) is 8.27. The fraction of sp³-hybridized carbons (Fsp3) is 0.684. The van der Waals surface area contributed by atoms with Crippen LogP contribution >= 0.6 is 0 Å². The van der Waals surface area contributed by atoms with Gasteiger partial charge in [-0.2, -0.15) is 0 Å². The van der Waals surface area contributed by atoms with E-state index in [1.165, 1.54) is 5.56 Å². The van der Waals surface area contributed by atoms with E-state index in [0.29, 0.717) is 17.6 Å². The summed E-state index contributed by atoms with van der Waals surface area (Å²) in [4.78, 5) is 0. The molecule has 1 rings (SSSR count). The Bertz CT molecular complexity index is 371. The molecule has 0 spiro atoms. The molecule has 0 aliphatic heterocycles. The van der Waals surface area contributed by atoms with Crippen LogP contribution in [0.2, 0.25) is 0 Å². The Balaban J connectivity index is 2.95. The van der Waals surface area contributed by atoms with Crippen LogP contribution in [0.25, 0.3) is 0 Å². The van der Waals surface area contributed by atoms with E-state index in [-0.39, 0.29) is 0 Å². The summed E-state index contributed by atoms with van der Waals surface area (Å²) in [5.74, 6) is 1.93. The molecule has 0 radical (unpaired) electrons. The van der Waals surface area contributed by atoms with Crippen molar-refractivity contribution in [3.63, 3.8) is 0 Å². The Morgan fingerprint density at radius 2 is 1.30 bits per heavy atom. The summed E-state index contributed by atoms with van der Waals surface area (Å²) in [6.07, 6.45) is 6.56. The fourth-order valence-corrected chi connectivity index (χ4v) is 2.53. The van der Waals surface area contributed by atoms with Gasteiger partial charge in [-0.25, -0.2) is 0 Å². The molecular formula is C19H32O. The zero-order chi connectivity index (χ0) is 15.1. The number of phenols is 1. The van der Waals surface area contributed by atoms with Crippen LogP contribution in [-0.2, 0) is 19.3 Å². The molecular weight excluding hydrogens is 244 g/mol. The van der Waals surface area contributed by atoms with Crippen molar-refractivity contribution in [3.05, 3.63) is 28.8 Å². The Hall–Kier alpha value is -0.980. The lowest BCUT2D eigenvalue weighted by atomic mass is 9.93. The Kier molecular flexibility index (Phi) is 7.12. The van der Waals surface area contributed by atoms with Gasteiger partial charge in [-0.3, -0.25) is 0 Å². The molecule has 0 atom stereocenters. The molecule has 0 saturated heterocycles. The van der Waals surface area contributed by atoms with E-state index in [9.17, 15) is 5.11 Å². The standard InChI is InChI=1S/C19H32O/c1-6-7-16-12-17(10-8-14(2)3)19(20)18(13-16)11-9-15(4)5/h12-15,20H,6-11H2,1-5H3. The average molecular weight is 276 g/mol. The topological polar surface area (TPSA) is 20.2 Å². The van der Waals surface area contributed by atoms with Gasteiger partial charge in [0.25, 0.3) is 0 Å². The maximum atomic E-state index is 10.5. The second-order valence-electron chi connectivity index (χ2n) is 6.88. The van der Waals surface area contributed by atoms with E-state index in [2.05, 4.69) is 46.8 Å². The van der Waals surface area contributed by atoms with Gasteiger partial charge in [-0.15, -0.1) is 0 Å². The maximum Gasteiger partial charge on any atom is 0.121 e. The highest BCUT2D eigenvalue weighted by molar-refractivity contribution is 5.44. The zero-order valence-electron chi connectivity index (χ0n) is 14.0. The summed E-state index contributed by atoms with van der Waals surface area (Å²) < 4.78 is 0. The summed E-state index contributed by atoms with van der Waals surface area (Å²) in [5, 5.41) is 10.5. The summed E-state index contributed by atoms with van der Waals surface area (Å²) >= 11 is 0. The van der Waals surface area contributed by atoms with Crippen LogP contribution in [0.5, 0.6) is 5.75 Å². The first-order valence-electron chi connectivity index (χ1n) is 8.27. The number of aryl methyl sites for hydroxylation is 3. The summed E-state index contributed by atoms with van der Waals surface area (Å²) in [6, 6.07) is 4.44. The minimum atomic E-state index is 0.561. The zero-order valence-corrected chi connectivity index (χ0v) is 14.0. The molecule has 0 bridgehead atoms. The number of rotatable bonds is 8. The van der Waals surface area contributed by atoms with Crippen molar-refractivity contribution in [3.8, 4) is 5.75 Å². The van der Waals surface area contributed by atoms with Gasteiger partial charge >= 0.3 is 0 Å². The number of phenolic OH excluding ortho intramolecular Hbond substituents is 1. The van der Waals surface area contributed by atoms with Gasteiger partial charge in [0.2, 0.25) is 0 Å². The van der Waals surface area contributed by atoms with Crippen molar-refractivity contribution < 1.29 is 5.11 Å². The molecule has 114 valence electrons. The minimum Gasteiger partial charge on any atom is -0.507 e. The van der Waals surface area contributed by atoms with Crippen LogP contribution in [0.4, 0.5) is 0 Å². The third-order valence-corrected chi connectivity index (χ3v) is 3.85. The highest BCUT2D eigenvalue weighted by Crippen LogP contribution is 2.29. The molecule has 0 unspecified atom stereocenters. The molecule has 0 aliphatic carbocycles. The van der Waals surface area contributed by atoms with Crippen molar-refractivity contribution in [1.29, 1.82) is 0 Å². The van der Waals surface area contributed by atoms with Crippen LogP contribution in [0.15, 0.2) is 12.1 Å². The minimum absolute atomic E-state index is 0.561. The van der Waals surface area contributed by atoms with E-state index < -0.39 is 0 Å². The normalized spacial score (nSPS) is 11.6. The Morgan fingerprint density at radius 3 is 1.65 bits per heavy atom. The molecule has 0 aliphatic rings. The van der Waals surface area contributed by atoms with Crippen molar-refractivity contribution >= 4 is 0 Å². The van der Waals surface area contributed by atoms with Crippen LogP contribution in [0.3, 0.4) is 0 Å². The third kappa shape index (κ3) is 5.56. The van der Waals surface area contributed by atoms with Gasteiger partial charge < -0.3 is 5.11 Å². The molecule has 1 aromatic rings. The molecule has 0 aromatic heterocycles. The second-order valence-corrected chi connectivity index (χ2v) is 6.88. The van der Waals surface area contributed by atoms with Gasteiger partial charge in [0.1, 0.15) is 5.75 Å². The molecule has 0 amide bonds. The molecule has 0 saturated carbocycles. The van der Waals surface area contributed by atoms with Crippen LogP contribution in [0.1, 0.15) is 70.6 Å². The van der Waals surface area contributed by atoms with Crippen LogP contribution in [0, 0.1) is 11.8 Å². The highest BCUT2D eigenvalue weighted by atomic mass is 16.3. The quantitative estimate of drug-likeness (QED) is 0.662. The summed E-state index contributed by atoms with van der Waals surface area (Å²) in [6.45, 7) is 11.2. The smallest absolute Gasteiger partial charge is 0.121 e. The van der Waals surface area contributed by atoms with E-state index in [4.69, 9.17) is 0 Å². The number of hydrogen-bond acceptors (Lipinski definition) is 1. The van der Waals surface area contributed by atoms with Crippen molar-refractivity contribution in [2.24, 2.45) is 11.8 Å². The second kappa shape index (κ2) is 8.34. The summed E-state index contributed by atoms with van der Waals surface area (Å²) in [7, 11) is 0. The molecule has 1 nitrogen and oxygen atoms in total. The SMILES string of the molecule is CCCc1cc(CCC(C)C)c(O)c(CCC(C)C)c1. The first-order chi connectivity index (χ1) is 9.43.